The first-order chi connectivity index (χ1) is 11.5. The second-order valence-electron chi connectivity index (χ2n) is 5.16. The van der Waals surface area contributed by atoms with E-state index < -0.39 is 0 Å². The Morgan fingerprint density at radius 2 is 2.17 bits per heavy atom. The molecule has 3 aromatic heterocycles. The fraction of sp³-hybridized carbons (Fsp3) is 0.250. The number of carbonyl (C=O) groups excluding carboxylic acids is 1. The summed E-state index contributed by atoms with van der Waals surface area (Å²) in [6.07, 6.45) is 1.43. The summed E-state index contributed by atoms with van der Waals surface area (Å²) in [6, 6.07) is 6.39. The molecule has 3 rings (SSSR count). The molecule has 0 aliphatic carbocycles. The number of thiazole rings is 1. The van der Waals surface area contributed by atoms with Crippen LogP contribution in [0.2, 0.25) is 0 Å². The minimum atomic E-state index is -0.321. The van der Waals surface area contributed by atoms with E-state index in [1.54, 1.807) is 18.2 Å². The fourth-order valence-electron chi connectivity index (χ4n) is 2.27. The summed E-state index contributed by atoms with van der Waals surface area (Å²) >= 11 is 1.54. The Kier molecular flexibility index (Phi) is 4.57. The molecule has 8 heteroatoms. The Morgan fingerprint density at radius 1 is 1.33 bits per heavy atom. The van der Waals surface area contributed by atoms with E-state index in [0.29, 0.717) is 5.69 Å². The third kappa shape index (κ3) is 3.43. The summed E-state index contributed by atoms with van der Waals surface area (Å²) in [7, 11) is 0. The molecule has 0 spiro atoms. The highest BCUT2D eigenvalue weighted by molar-refractivity contribution is 7.15. The number of carbonyl (C=O) groups is 1. The van der Waals surface area contributed by atoms with E-state index in [4.69, 9.17) is 4.42 Å². The highest BCUT2D eigenvalue weighted by atomic mass is 32.1. The molecule has 124 valence electrons. The molecule has 0 saturated heterocycles. The maximum absolute atomic E-state index is 12.0. The number of hydrogen-bond acceptors (Lipinski definition) is 6. The van der Waals surface area contributed by atoms with Crippen molar-refractivity contribution in [3.63, 3.8) is 0 Å². The zero-order chi connectivity index (χ0) is 17.1. The topological polar surface area (TPSA) is 90.0 Å². The van der Waals surface area contributed by atoms with Gasteiger partial charge in [0.25, 0.3) is 11.5 Å². The van der Waals surface area contributed by atoms with E-state index in [0.717, 1.165) is 15.6 Å². The summed E-state index contributed by atoms with van der Waals surface area (Å²) in [4.78, 5) is 29.1. The van der Waals surface area contributed by atoms with Crippen LogP contribution < -0.4 is 10.9 Å². The second kappa shape index (κ2) is 6.79. The van der Waals surface area contributed by atoms with Crippen LogP contribution >= 0.6 is 11.3 Å². The number of hydrogen-bond donors (Lipinski definition) is 1. The molecule has 0 atom stereocenters. The Morgan fingerprint density at radius 3 is 2.83 bits per heavy atom. The van der Waals surface area contributed by atoms with Gasteiger partial charge < -0.3 is 9.73 Å². The lowest BCUT2D eigenvalue weighted by Gasteiger charge is -2.07. The van der Waals surface area contributed by atoms with Crippen molar-refractivity contribution in [2.24, 2.45) is 0 Å². The zero-order valence-electron chi connectivity index (χ0n) is 13.3. The highest BCUT2D eigenvalue weighted by Crippen LogP contribution is 2.27. The van der Waals surface area contributed by atoms with Crippen LogP contribution in [0, 0.1) is 13.8 Å². The van der Waals surface area contributed by atoms with Crippen molar-refractivity contribution < 1.29 is 9.21 Å². The predicted molar refractivity (Wildman–Crippen MR) is 90.1 cm³/mol. The van der Waals surface area contributed by atoms with Gasteiger partial charge in [-0.25, -0.2) is 9.67 Å². The Balaban J connectivity index is 1.72. The van der Waals surface area contributed by atoms with Crippen molar-refractivity contribution in [2.45, 2.75) is 20.4 Å². The van der Waals surface area contributed by atoms with E-state index in [1.807, 2.05) is 13.8 Å². The third-order valence-electron chi connectivity index (χ3n) is 3.36. The Labute approximate surface area is 142 Å². The molecule has 1 N–H and O–H groups in total. The number of aryl methyl sites for hydroxylation is 2. The van der Waals surface area contributed by atoms with Gasteiger partial charge in [-0.3, -0.25) is 9.59 Å². The quantitative estimate of drug-likeness (QED) is 0.764. The first-order valence-electron chi connectivity index (χ1n) is 7.39. The summed E-state index contributed by atoms with van der Waals surface area (Å²) in [5.41, 5.74) is 1.38. The van der Waals surface area contributed by atoms with Crippen LogP contribution in [-0.2, 0) is 6.54 Å². The molecule has 7 nitrogen and oxygen atoms in total. The summed E-state index contributed by atoms with van der Waals surface area (Å²) in [6.45, 7) is 4.40. The number of aromatic nitrogens is 3. The minimum absolute atomic E-state index is 0.218. The molecule has 0 aliphatic rings. The monoisotopic (exact) mass is 344 g/mol. The lowest BCUT2D eigenvalue weighted by molar-refractivity contribution is 0.0924. The average Bonchev–Trinajstić information content (AvgIpc) is 3.19. The van der Waals surface area contributed by atoms with Crippen LogP contribution in [0.4, 0.5) is 0 Å². The van der Waals surface area contributed by atoms with Gasteiger partial charge in [-0.05, 0) is 32.0 Å². The molecule has 3 aromatic rings. The molecule has 0 aliphatic heterocycles. The molecule has 24 heavy (non-hydrogen) atoms. The van der Waals surface area contributed by atoms with Gasteiger partial charge in [-0.1, -0.05) is 0 Å². The molecule has 0 saturated carbocycles. The molecule has 0 bridgehead atoms. The van der Waals surface area contributed by atoms with Crippen molar-refractivity contribution in [1.82, 2.24) is 20.1 Å². The predicted octanol–water partition coefficient (Wildman–Crippen LogP) is 2.01. The Bertz CT molecular complexity index is 912. The van der Waals surface area contributed by atoms with Gasteiger partial charge in [-0.15, -0.1) is 11.3 Å². The number of amides is 1. The first kappa shape index (κ1) is 16.1. The normalized spacial score (nSPS) is 10.8. The van der Waals surface area contributed by atoms with Gasteiger partial charge in [0.1, 0.15) is 5.69 Å². The number of nitrogens with one attached hydrogen (secondary N) is 1. The largest absolute Gasteiger partial charge is 0.459 e. The number of furan rings is 1. The van der Waals surface area contributed by atoms with Crippen molar-refractivity contribution >= 4 is 17.2 Å². The Hall–Kier alpha value is -2.74. The second-order valence-corrected chi connectivity index (χ2v) is 6.36. The number of nitrogens with zero attached hydrogens (tertiary/aromatic N) is 3. The molecule has 0 fully saturated rings. The average molecular weight is 344 g/mol. The standard InChI is InChI=1S/C16H16N4O3S/c1-10-15(24-11(2)18-10)12-5-6-14(21)20(19-12)8-7-17-16(22)13-4-3-9-23-13/h3-6,9H,7-8H2,1-2H3,(H,17,22). The first-order valence-corrected chi connectivity index (χ1v) is 8.20. The van der Waals surface area contributed by atoms with Crippen molar-refractivity contribution in [3.8, 4) is 10.6 Å². The maximum atomic E-state index is 12.0. The van der Waals surface area contributed by atoms with E-state index >= 15 is 0 Å². The highest BCUT2D eigenvalue weighted by Gasteiger charge is 2.11. The van der Waals surface area contributed by atoms with Gasteiger partial charge in [0.15, 0.2) is 5.76 Å². The van der Waals surface area contributed by atoms with Gasteiger partial charge in [0.2, 0.25) is 0 Å². The third-order valence-corrected chi connectivity index (χ3v) is 4.45. The SMILES string of the molecule is Cc1nc(C)c(-c2ccc(=O)n(CCNC(=O)c3ccco3)n2)s1. The van der Waals surface area contributed by atoms with Crippen molar-refractivity contribution in [3.05, 3.63) is 57.3 Å². The summed E-state index contributed by atoms with van der Waals surface area (Å²) in [5.74, 6) is -0.0852. The molecule has 0 radical (unpaired) electrons. The molecule has 3 heterocycles. The molecule has 1 amide bonds. The van der Waals surface area contributed by atoms with Gasteiger partial charge in [0, 0.05) is 12.6 Å². The van der Waals surface area contributed by atoms with E-state index in [9.17, 15) is 9.59 Å². The van der Waals surface area contributed by atoms with Crippen LogP contribution in [-0.4, -0.2) is 27.2 Å². The minimum Gasteiger partial charge on any atom is -0.459 e. The molecule has 0 unspecified atom stereocenters. The lowest BCUT2D eigenvalue weighted by atomic mass is 10.3. The zero-order valence-corrected chi connectivity index (χ0v) is 14.1. The van der Waals surface area contributed by atoms with Crippen LogP contribution in [0.3, 0.4) is 0 Å². The van der Waals surface area contributed by atoms with Gasteiger partial charge in [0.05, 0.1) is 28.4 Å². The summed E-state index contributed by atoms with van der Waals surface area (Å²) < 4.78 is 6.35. The van der Waals surface area contributed by atoms with E-state index in [-0.39, 0.29) is 30.3 Å². The number of rotatable bonds is 5. The van der Waals surface area contributed by atoms with Crippen LogP contribution in [0.1, 0.15) is 21.3 Å². The lowest BCUT2D eigenvalue weighted by Crippen LogP contribution is -2.31. The van der Waals surface area contributed by atoms with Crippen LogP contribution in [0.5, 0.6) is 0 Å². The van der Waals surface area contributed by atoms with Crippen LogP contribution in [0.15, 0.2) is 39.7 Å². The van der Waals surface area contributed by atoms with Crippen molar-refractivity contribution in [2.75, 3.05) is 6.54 Å². The molecular formula is C16H16N4O3S. The molecular weight excluding hydrogens is 328 g/mol. The van der Waals surface area contributed by atoms with Gasteiger partial charge in [-0.2, -0.15) is 5.10 Å². The van der Waals surface area contributed by atoms with Gasteiger partial charge >= 0.3 is 0 Å². The fourth-order valence-corrected chi connectivity index (χ4v) is 3.15. The smallest absolute Gasteiger partial charge is 0.287 e. The van der Waals surface area contributed by atoms with Crippen LogP contribution in [0.25, 0.3) is 10.6 Å². The van der Waals surface area contributed by atoms with E-state index in [1.165, 1.54) is 28.3 Å². The summed E-state index contributed by atoms with van der Waals surface area (Å²) in [5, 5.41) is 8.02. The maximum Gasteiger partial charge on any atom is 0.287 e. The molecule has 0 aromatic carbocycles. The van der Waals surface area contributed by atoms with Crippen molar-refractivity contribution in [1.29, 1.82) is 0 Å². The van der Waals surface area contributed by atoms with E-state index in [2.05, 4.69) is 15.4 Å².